The van der Waals surface area contributed by atoms with Crippen LogP contribution in [0, 0.1) is 6.92 Å². The van der Waals surface area contributed by atoms with Gasteiger partial charge in [0.1, 0.15) is 5.76 Å². The minimum Gasteiger partial charge on any atom is -0.376 e. The molecule has 1 aromatic heterocycles. The standard InChI is InChI=1S/C14H15N3O3/c1-9-6-13(17-20-9)16-14(19)8-15-12-5-3-4-11(7-12)10(2)18/h3-7,15H,8H2,1-2H3,(H,16,17,19). The summed E-state index contributed by atoms with van der Waals surface area (Å²) in [7, 11) is 0. The number of ketones is 1. The Balaban J connectivity index is 1.90. The van der Waals surface area contributed by atoms with Gasteiger partial charge < -0.3 is 15.2 Å². The maximum absolute atomic E-state index is 11.7. The first kappa shape index (κ1) is 13.8. The number of carbonyl (C=O) groups excluding carboxylic acids is 2. The Bertz CT molecular complexity index is 634. The quantitative estimate of drug-likeness (QED) is 0.816. The maximum atomic E-state index is 11.7. The zero-order valence-electron chi connectivity index (χ0n) is 11.3. The summed E-state index contributed by atoms with van der Waals surface area (Å²) in [6.07, 6.45) is 0. The van der Waals surface area contributed by atoms with Gasteiger partial charge >= 0.3 is 0 Å². The van der Waals surface area contributed by atoms with Gasteiger partial charge in [-0.15, -0.1) is 0 Å². The molecule has 0 aliphatic carbocycles. The molecule has 0 fully saturated rings. The van der Waals surface area contributed by atoms with Crippen LogP contribution in [0.25, 0.3) is 0 Å². The van der Waals surface area contributed by atoms with E-state index in [9.17, 15) is 9.59 Å². The second-order valence-corrected chi connectivity index (χ2v) is 4.36. The van der Waals surface area contributed by atoms with Gasteiger partial charge in [0.25, 0.3) is 0 Å². The van der Waals surface area contributed by atoms with Gasteiger partial charge in [0.05, 0.1) is 6.54 Å². The zero-order chi connectivity index (χ0) is 14.5. The fraction of sp³-hybridized carbons (Fsp3) is 0.214. The van der Waals surface area contributed by atoms with E-state index in [1.54, 1.807) is 37.3 Å². The average molecular weight is 273 g/mol. The van der Waals surface area contributed by atoms with E-state index in [2.05, 4.69) is 15.8 Å². The molecule has 0 saturated carbocycles. The van der Waals surface area contributed by atoms with E-state index >= 15 is 0 Å². The Morgan fingerprint density at radius 1 is 1.30 bits per heavy atom. The van der Waals surface area contributed by atoms with E-state index in [4.69, 9.17) is 4.52 Å². The van der Waals surface area contributed by atoms with E-state index < -0.39 is 0 Å². The van der Waals surface area contributed by atoms with E-state index in [0.29, 0.717) is 22.8 Å². The van der Waals surface area contributed by atoms with E-state index in [1.165, 1.54) is 6.92 Å². The third kappa shape index (κ3) is 3.68. The molecule has 1 aromatic carbocycles. The lowest BCUT2D eigenvalue weighted by molar-refractivity contribution is -0.114. The molecule has 0 aliphatic rings. The van der Waals surface area contributed by atoms with Crippen LogP contribution in [0.4, 0.5) is 11.5 Å². The molecule has 0 saturated heterocycles. The summed E-state index contributed by atoms with van der Waals surface area (Å²) in [6.45, 7) is 3.32. The Kier molecular flexibility index (Phi) is 4.14. The molecule has 0 spiro atoms. The Labute approximate surface area is 116 Å². The highest BCUT2D eigenvalue weighted by Crippen LogP contribution is 2.11. The molecule has 0 atom stereocenters. The Morgan fingerprint density at radius 2 is 2.10 bits per heavy atom. The third-order valence-electron chi connectivity index (χ3n) is 2.62. The van der Waals surface area contributed by atoms with Crippen LogP contribution in [0.3, 0.4) is 0 Å². The number of rotatable bonds is 5. The lowest BCUT2D eigenvalue weighted by atomic mass is 10.1. The first-order chi connectivity index (χ1) is 9.54. The van der Waals surface area contributed by atoms with Crippen LogP contribution in [0.5, 0.6) is 0 Å². The molecular formula is C14H15N3O3. The predicted octanol–water partition coefficient (Wildman–Crippen LogP) is 2.24. The highest BCUT2D eigenvalue weighted by molar-refractivity contribution is 5.95. The van der Waals surface area contributed by atoms with Crippen LogP contribution in [-0.4, -0.2) is 23.4 Å². The lowest BCUT2D eigenvalue weighted by Gasteiger charge is -2.06. The second kappa shape index (κ2) is 6.01. The molecule has 1 heterocycles. The summed E-state index contributed by atoms with van der Waals surface area (Å²) in [5, 5.41) is 9.21. The summed E-state index contributed by atoms with van der Waals surface area (Å²) in [5.74, 6) is 0.747. The van der Waals surface area contributed by atoms with Gasteiger partial charge in [0.15, 0.2) is 11.6 Å². The van der Waals surface area contributed by atoms with Crippen molar-refractivity contribution in [3.63, 3.8) is 0 Å². The molecule has 6 nitrogen and oxygen atoms in total. The maximum Gasteiger partial charge on any atom is 0.244 e. The molecule has 2 N–H and O–H groups in total. The van der Waals surface area contributed by atoms with Crippen molar-refractivity contribution in [3.05, 3.63) is 41.7 Å². The smallest absolute Gasteiger partial charge is 0.244 e. The average Bonchev–Trinajstić information content (AvgIpc) is 2.82. The fourth-order valence-corrected chi connectivity index (χ4v) is 1.64. The van der Waals surface area contributed by atoms with Gasteiger partial charge in [-0.1, -0.05) is 17.3 Å². The number of amides is 1. The van der Waals surface area contributed by atoms with Crippen LogP contribution in [0.2, 0.25) is 0 Å². The van der Waals surface area contributed by atoms with E-state index in [-0.39, 0.29) is 18.2 Å². The Hall–Kier alpha value is -2.63. The van der Waals surface area contributed by atoms with Crippen molar-refractivity contribution in [2.75, 3.05) is 17.2 Å². The number of anilines is 2. The van der Waals surface area contributed by atoms with Gasteiger partial charge in [0.2, 0.25) is 5.91 Å². The monoisotopic (exact) mass is 273 g/mol. The largest absolute Gasteiger partial charge is 0.376 e. The highest BCUT2D eigenvalue weighted by atomic mass is 16.5. The third-order valence-corrected chi connectivity index (χ3v) is 2.62. The molecule has 1 amide bonds. The number of aromatic nitrogens is 1. The van der Waals surface area contributed by atoms with Crippen molar-refractivity contribution >= 4 is 23.2 Å². The summed E-state index contributed by atoms with van der Waals surface area (Å²) in [5.41, 5.74) is 1.31. The topological polar surface area (TPSA) is 84.2 Å². The molecule has 6 heteroatoms. The van der Waals surface area contributed by atoms with Crippen LogP contribution in [-0.2, 0) is 4.79 Å². The van der Waals surface area contributed by atoms with E-state index in [1.807, 2.05) is 0 Å². The van der Waals surface area contributed by atoms with Crippen molar-refractivity contribution in [1.82, 2.24) is 5.16 Å². The van der Waals surface area contributed by atoms with Crippen LogP contribution < -0.4 is 10.6 Å². The SMILES string of the molecule is CC(=O)c1cccc(NCC(=O)Nc2cc(C)on2)c1. The summed E-state index contributed by atoms with van der Waals surface area (Å²) in [4.78, 5) is 22.9. The van der Waals surface area contributed by atoms with Gasteiger partial charge in [-0.05, 0) is 26.0 Å². The molecule has 2 aromatic rings. The van der Waals surface area contributed by atoms with Crippen LogP contribution in [0.1, 0.15) is 23.0 Å². The molecule has 0 aliphatic heterocycles. The molecule has 0 bridgehead atoms. The van der Waals surface area contributed by atoms with Crippen molar-refractivity contribution in [3.8, 4) is 0 Å². The number of nitrogens with zero attached hydrogens (tertiary/aromatic N) is 1. The normalized spacial score (nSPS) is 10.1. The first-order valence-electron chi connectivity index (χ1n) is 6.12. The van der Waals surface area contributed by atoms with Crippen LogP contribution in [0.15, 0.2) is 34.9 Å². The zero-order valence-corrected chi connectivity index (χ0v) is 11.3. The first-order valence-corrected chi connectivity index (χ1v) is 6.12. The minimum absolute atomic E-state index is 0.0174. The number of hydrogen-bond acceptors (Lipinski definition) is 5. The number of aryl methyl sites for hydroxylation is 1. The number of hydrogen-bond donors (Lipinski definition) is 2. The van der Waals surface area contributed by atoms with Crippen molar-refractivity contribution in [1.29, 1.82) is 0 Å². The summed E-state index contributed by atoms with van der Waals surface area (Å²) in [6, 6.07) is 8.62. The van der Waals surface area contributed by atoms with Crippen molar-refractivity contribution in [2.45, 2.75) is 13.8 Å². The molecule has 0 unspecified atom stereocenters. The summed E-state index contributed by atoms with van der Waals surface area (Å²) >= 11 is 0. The van der Waals surface area contributed by atoms with Gasteiger partial charge in [-0.2, -0.15) is 0 Å². The number of benzene rings is 1. The highest BCUT2D eigenvalue weighted by Gasteiger charge is 2.06. The number of nitrogens with one attached hydrogen (secondary N) is 2. The van der Waals surface area contributed by atoms with Gasteiger partial charge in [-0.25, -0.2) is 0 Å². The molecule has 20 heavy (non-hydrogen) atoms. The lowest BCUT2D eigenvalue weighted by Crippen LogP contribution is -2.21. The number of Topliss-reactive ketones (excluding diaryl/α,β-unsaturated/α-hetero) is 1. The second-order valence-electron chi connectivity index (χ2n) is 4.36. The fourth-order valence-electron chi connectivity index (χ4n) is 1.64. The molecule has 2 rings (SSSR count). The molecular weight excluding hydrogens is 258 g/mol. The molecule has 0 radical (unpaired) electrons. The predicted molar refractivity (Wildman–Crippen MR) is 74.8 cm³/mol. The summed E-state index contributed by atoms with van der Waals surface area (Å²) < 4.78 is 4.85. The van der Waals surface area contributed by atoms with Gasteiger partial charge in [-0.3, -0.25) is 9.59 Å². The Morgan fingerprint density at radius 3 is 2.75 bits per heavy atom. The van der Waals surface area contributed by atoms with Crippen LogP contribution >= 0.6 is 0 Å². The van der Waals surface area contributed by atoms with E-state index in [0.717, 1.165) is 0 Å². The molecule has 104 valence electrons. The minimum atomic E-state index is -0.244. The van der Waals surface area contributed by atoms with Crippen molar-refractivity contribution in [2.24, 2.45) is 0 Å². The van der Waals surface area contributed by atoms with Gasteiger partial charge in [0, 0.05) is 17.3 Å². The van der Waals surface area contributed by atoms with Crippen molar-refractivity contribution < 1.29 is 14.1 Å². The number of carbonyl (C=O) groups is 2.